The number of nitrogens with one attached hydrogen (secondary N) is 1. The molecule has 0 spiro atoms. The van der Waals surface area contributed by atoms with Crippen LogP contribution < -0.4 is 10.2 Å². The summed E-state index contributed by atoms with van der Waals surface area (Å²) in [6.07, 6.45) is 6.71. The van der Waals surface area contributed by atoms with Gasteiger partial charge in [0.15, 0.2) is 0 Å². The molecule has 1 N–H and O–H groups in total. The van der Waals surface area contributed by atoms with Gasteiger partial charge < -0.3 is 10.2 Å². The first-order valence-electron chi connectivity index (χ1n) is 8.36. The molecule has 0 aromatic heterocycles. The molecule has 0 bridgehead atoms. The zero-order valence-electron chi connectivity index (χ0n) is 13.7. The first-order chi connectivity index (χ1) is 10.1. The average Bonchev–Trinajstić information content (AvgIpc) is 2.48. The minimum atomic E-state index is -0.101. The van der Waals surface area contributed by atoms with E-state index in [1.165, 1.54) is 32.1 Å². The van der Waals surface area contributed by atoms with Gasteiger partial charge in [-0.3, -0.25) is 0 Å². The van der Waals surface area contributed by atoms with Gasteiger partial charge in [-0.1, -0.05) is 32.3 Å². The molecule has 0 aliphatic heterocycles. The lowest BCUT2D eigenvalue weighted by Gasteiger charge is -2.31. The Balaban J connectivity index is 2.15. The molecule has 1 aromatic rings. The van der Waals surface area contributed by atoms with Crippen molar-refractivity contribution in [3.05, 3.63) is 29.6 Å². The van der Waals surface area contributed by atoms with E-state index in [9.17, 15) is 4.39 Å². The third-order valence-electron chi connectivity index (χ3n) is 4.64. The predicted octanol–water partition coefficient (Wildman–Crippen LogP) is 4.51. The molecule has 1 aliphatic carbocycles. The summed E-state index contributed by atoms with van der Waals surface area (Å²) in [6.45, 7) is 5.99. The van der Waals surface area contributed by atoms with E-state index in [1.807, 2.05) is 13.0 Å². The van der Waals surface area contributed by atoms with Gasteiger partial charge in [0.05, 0.1) is 0 Å². The van der Waals surface area contributed by atoms with E-state index in [4.69, 9.17) is 0 Å². The molecule has 0 heterocycles. The van der Waals surface area contributed by atoms with Crippen LogP contribution >= 0.6 is 0 Å². The molecular weight excluding hydrogens is 263 g/mol. The summed E-state index contributed by atoms with van der Waals surface area (Å²) in [5.41, 5.74) is 1.84. The molecule has 1 atom stereocenters. The minimum Gasteiger partial charge on any atom is -0.374 e. The van der Waals surface area contributed by atoms with E-state index >= 15 is 0 Å². The van der Waals surface area contributed by atoms with Crippen LogP contribution in [-0.4, -0.2) is 20.1 Å². The van der Waals surface area contributed by atoms with Gasteiger partial charge in [-0.2, -0.15) is 0 Å². The van der Waals surface area contributed by atoms with Crippen molar-refractivity contribution in [3.8, 4) is 0 Å². The predicted molar refractivity (Wildman–Crippen MR) is 88.3 cm³/mol. The van der Waals surface area contributed by atoms with Crippen LogP contribution in [0.3, 0.4) is 0 Å². The number of nitrogens with zero attached hydrogens (tertiary/aromatic N) is 1. The summed E-state index contributed by atoms with van der Waals surface area (Å²) < 4.78 is 14.3. The maximum Gasteiger partial charge on any atom is 0.130 e. The second-order valence-electron chi connectivity index (χ2n) is 6.34. The highest BCUT2D eigenvalue weighted by molar-refractivity contribution is 5.55. The van der Waals surface area contributed by atoms with Crippen LogP contribution in [0.4, 0.5) is 10.1 Å². The minimum absolute atomic E-state index is 0.0417. The van der Waals surface area contributed by atoms with Gasteiger partial charge in [-0.25, -0.2) is 4.39 Å². The van der Waals surface area contributed by atoms with E-state index in [-0.39, 0.29) is 11.9 Å². The molecule has 1 fully saturated rings. The van der Waals surface area contributed by atoms with Crippen LogP contribution in [-0.2, 0) is 0 Å². The molecule has 3 heteroatoms. The highest BCUT2D eigenvalue weighted by atomic mass is 19.1. The fourth-order valence-corrected chi connectivity index (χ4v) is 3.55. The van der Waals surface area contributed by atoms with E-state index in [0.29, 0.717) is 0 Å². The van der Waals surface area contributed by atoms with Crippen LogP contribution in [0.5, 0.6) is 0 Å². The molecule has 2 nitrogen and oxygen atoms in total. The van der Waals surface area contributed by atoms with Crippen LogP contribution in [0, 0.1) is 11.7 Å². The van der Waals surface area contributed by atoms with E-state index < -0.39 is 0 Å². The van der Waals surface area contributed by atoms with E-state index in [1.54, 1.807) is 6.07 Å². The van der Waals surface area contributed by atoms with Crippen molar-refractivity contribution < 1.29 is 4.39 Å². The maximum atomic E-state index is 14.3. The molecule has 0 radical (unpaired) electrons. The summed E-state index contributed by atoms with van der Waals surface area (Å²) in [4.78, 5) is 2.25. The molecule has 1 saturated carbocycles. The normalized spacial score (nSPS) is 17.7. The average molecular weight is 292 g/mol. The number of hydrogen-bond acceptors (Lipinski definition) is 2. The molecule has 0 amide bonds. The van der Waals surface area contributed by atoms with Crippen molar-refractivity contribution in [1.29, 1.82) is 0 Å². The van der Waals surface area contributed by atoms with Gasteiger partial charge in [-0.05, 0) is 44.4 Å². The van der Waals surface area contributed by atoms with E-state index in [0.717, 1.165) is 30.3 Å². The molecular formula is C18H29FN2. The number of halogens is 1. The second-order valence-corrected chi connectivity index (χ2v) is 6.34. The topological polar surface area (TPSA) is 15.3 Å². The van der Waals surface area contributed by atoms with Crippen LogP contribution in [0.2, 0.25) is 0 Å². The van der Waals surface area contributed by atoms with Crippen LogP contribution in [0.15, 0.2) is 18.2 Å². The third-order valence-corrected chi connectivity index (χ3v) is 4.64. The Labute approximate surface area is 128 Å². The van der Waals surface area contributed by atoms with Crippen LogP contribution in [0.1, 0.15) is 57.6 Å². The Kier molecular flexibility index (Phi) is 6.04. The summed E-state index contributed by atoms with van der Waals surface area (Å²) >= 11 is 0. The fourth-order valence-electron chi connectivity index (χ4n) is 3.55. The second kappa shape index (κ2) is 7.79. The van der Waals surface area contributed by atoms with Crippen molar-refractivity contribution in [1.82, 2.24) is 5.32 Å². The number of rotatable bonds is 6. The van der Waals surface area contributed by atoms with Gasteiger partial charge in [0.25, 0.3) is 0 Å². The largest absolute Gasteiger partial charge is 0.374 e. The summed E-state index contributed by atoms with van der Waals surface area (Å²) in [5.74, 6) is 0.658. The van der Waals surface area contributed by atoms with Gasteiger partial charge in [0.2, 0.25) is 0 Å². The fraction of sp³-hybridized carbons (Fsp3) is 0.667. The number of benzene rings is 1. The Morgan fingerprint density at radius 1 is 1.29 bits per heavy atom. The van der Waals surface area contributed by atoms with Crippen molar-refractivity contribution in [2.75, 3.05) is 25.0 Å². The summed E-state index contributed by atoms with van der Waals surface area (Å²) in [6, 6.07) is 5.49. The van der Waals surface area contributed by atoms with Crippen molar-refractivity contribution >= 4 is 5.69 Å². The lowest BCUT2D eigenvalue weighted by Crippen LogP contribution is -2.29. The molecule has 2 rings (SSSR count). The maximum absolute atomic E-state index is 14.3. The molecule has 0 saturated heterocycles. The number of hydrogen-bond donors (Lipinski definition) is 1. The van der Waals surface area contributed by atoms with Gasteiger partial charge in [0, 0.05) is 30.9 Å². The first kappa shape index (κ1) is 16.3. The van der Waals surface area contributed by atoms with Crippen molar-refractivity contribution in [2.45, 2.75) is 52.0 Å². The Hall–Kier alpha value is -1.09. The van der Waals surface area contributed by atoms with Gasteiger partial charge >= 0.3 is 0 Å². The quantitative estimate of drug-likeness (QED) is 0.829. The smallest absolute Gasteiger partial charge is 0.130 e. The highest BCUT2D eigenvalue weighted by Crippen LogP contribution is 2.31. The van der Waals surface area contributed by atoms with Gasteiger partial charge in [-0.15, -0.1) is 0 Å². The third kappa shape index (κ3) is 4.19. The Morgan fingerprint density at radius 3 is 2.67 bits per heavy atom. The summed E-state index contributed by atoms with van der Waals surface area (Å²) in [7, 11) is 2.10. The highest BCUT2D eigenvalue weighted by Gasteiger charge is 2.20. The molecule has 1 aliphatic rings. The lowest BCUT2D eigenvalue weighted by atomic mass is 9.88. The Morgan fingerprint density at radius 2 is 2.00 bits per heavy atom. The molecule has 118 valence electrons. The standard InChI is InChI=1S/C18H29FN2/c1-4-20-14(2)18-16(19)11-8-12-17(18)21(3)13-15-9-6-5-7-10-15/h8,11-12,14-15,20H,4-7,9-10,13H2,1-3H3. The zero-order valence-corrected chi connectivity index (χ0v) is 13.7. The van der Waals surface area contributed by atoms with E-state index in [2.05, 4.69) is 30.3 Å². The zero-order chi connectivity index (χ0) is 15.2. The molecule has 1 unspecified atom stereocenters. The molecule has 21 heavy (non-hydrogen) atoms. The lowest BCUT2D eigenvalue weighted by molar-refractivity contribution is 0.361. The summed E-state index contributed by atoms with van der Waals surface area (Å²) in [5, 5.41) is 3.33. The molecule has 1 aromatic carbocycles. The SMILES string of the molecule is CCNC(C)c1c(F)cccc1N(C)CC1CCCCC1. The Bertz CT molecular complexity index is 441. The van der Waals surface area contributed by atoms with Gasteiger partial charge in [0.1, 0.15) is 5.82 Å². The van der Waals surface area contributed by atoms with Crippen molar-refractivity contribution in [3.63, 3.8) is 0 Å². The first-order valence-corrected chi connectivity index (χ1v) is 8.36. The van der Waals surface area contributed by atoms with Crippen LogP contribution in [0.25, 0.3) is 0 Å². The van der Waals surface area contributed by atoms with Crippen molar-refractivity contribution in [2.24, 2.45) is 5.92 Å². The monoisotopic (exact) mass is 292 g/mol. The number of anilines is 1.